The number of rotatable bonds is 5. The third-order valence-electron chi connectivity index (χ3n) is 9.05. The molecule has 4 aliphatic rings. The molecule has 224 valence electrons. The fourth-order valence-corrected chi connectivity index (χ4v) is 6.96. The maximum atomic E-state index is 14.6. The highest BCUT2D eigenvalue weighted by Crippen LogP contribution is 2.43. The molecule has 3 aromatic heterocycles. The molecule has 0 N–H and O–H groups in total. The van der Waals surface area contributed by atoms with Crippen LogP contribution in [0.2, 0.25) is 0 Å². The summed E-state index contributed by atoms with van der Waals surface area (Å²) in [6, 6.07) is 3.96. The van der Waals surface area contributed by atoms with Gasteiger partial charge in [0, 0.05) is 45.0 Å². The highest BCUT2D eigenvalue weighted by Gasteiger charge is 2.48. The Labute approximate surface area is 240 Å². The number of alkyl halides is 3. The molecule has 0 spiro atoms. The van der Waals surface area contributed by atoms with E-state index in [9.17, 15) is 18.4 Å². The molecule has 4 unspecified atom stereocenters. The van der Waals surface area contributed by atoms with Crippen LogP contribution in [0.3, 0.4) is 0 Å². The van der Waals surface area contributed by atoms with Crippen LogP contribution in [0.4, 0.5) is 24.7 Å². The molecule has 7 rings (SSSR count). The number of fused-ring (bicyclic) bond motifs is 3. The quantitative estimate of drug-likeness (QED) is 0.437. The SMILES string of the molecule is COC1CCN(c2cc(N3C4CCC3COC4)nc3c2c(C#N)nn3-c2ccn(C3CCCCO3)n2)[C@H](C(F)(F)F)C1. The van der Waals surface area contributed by atoms with Gasteiger partial charge in [0.25, 0.3) is 0 Å². The minimum Gasteiger partial charge on any atom is -0.381 e. The lowest BCUT2D eigenvalue weighted by molar-refractivity contribution is -0.160. The lowest BCUT2D eigenvalue weighted by atomic mass is 9.97. The van der Waals surface area contributed by atoms with Crippen molar-refractivity contribution in [3.63, 3.8) is 0 Å². The number of ether oxygens (including phenoxy) is 3. The van der Waals surface area contributed by atoms with Crippen LogP contribution in [-0.2, 0) is 14.2 Å². The number of nitriles is 1. The van der Waals surface area contributed by atoms with Crippen LogP contribution in [0.5, 0.6) is 0 Å². The van der Waals surface area contributed by atoms with Gasteiger partial charge in [0.15, 0.2) is 17.2 Å². The normalized spacial score (nSPS) is 28.4. The lowest BCUT2D eigenvalue weighted by Crippen LogP contribution is -2.53. The van der Waals surface area contributed by atoms with Gasteiger partial charge in [0.1, 0.15) is 24.2 Å². The third kappa shape index (κ3) is 4.67. The molecule has 11 nitrogen and oxygen atoms in total. The fourth-order valence-electron chi connectivity index (χ4n) is 6.96. The zero-order valence-corrected chi connectivity index (χ0v) is 23.3. The molecule has 7 heterocycles. The van der Waals surface area contributed by atoms with Crippen LogP contribution in [0, 0.1) is 11.3 Å². The van der Waals surface area contributed by atoms with Gasteiger partial charge < -0.3 is 24.0 Å². The Kier molecular flexibility index (Phi) is 6.99. The van der Waals surface area contributed by atoms with E-state index in [4.69, 9.17) is 24.3 Å². The van der Waals surface area contributed by atoms with E-state index < -0.39 is 18.3 Å². The van der Waals surface area contributed by atoms with Crippen LogP contribution in [-0.4, -0.2) is 88.4 Å². The number of methoxy groups -OCH3 is 1. The van der Waals surface area contributed by atoms with Crippen LogP contribution in [0.25, 0.3) is 16.9 Å². The Hall–Kier alpha value is -3.41. The molecule has 4 saturated heterocycles. The molecule has 3 aromatic rings. The first-order valence-corrected chi connectivity index (χ1v) is 14.6. The summed E-state index contributed by atoms with van der Waals surface area (Å²) in [6.07, 6.45) is 1.48. The topological polar surface area (TPSA) is 106 Å². The van der Waals surface area contributed by atoms with Gasteiger partial charge in [-0.25, -0.2) is 9.67 Å². The first-order valence-electron chi connectivity index (χ1n) is 14.6. The van der Waals surface area contributed by atoms with Crippen molar-refractivity contribution >= 4 is 22.5 Å². The molecular formula is C28H33F3N8O3. The number of halogens is 3. The molecule has 2 bridgehead atoms. The number of piperidine rings is 1. The predicted octanol–water partition coefficient (Wildman–Crippen LogP) is 4.10. The second kappa shape index (κ2) is 10.7. The van der Waals surface area contributed by atoms with Crippen molar-refractivity contribution in [2.45, 2.75) is 81.6 Å². The molecule has 42 heavy (non-hydrogen) atoms. The van der Waals surface area contributed by atoms with E-state index in [1.165, 1.54) is 16.7 Å². The number of hydrogen-bond donors (Lipinski definition) is 0. The van der Waals surface area contributed by atoms with Crippen LogP contribution >= 0.6 is 0 Å². The lowest BCUT2D eigenvalue weighted by Gasteiger charge is -2.42. The van der Waals surface area contributed by atoms with Crippen LogP contribution in [0.1, 0.15) is 56.9 Å². The smallest absolute Gasteiger partial charge is 0.381 e. The Balaban J connectivity index is 1.40. The van der Waals surface area contributed by atoms with Gasteiger partial charge in [-0.1, -0.05) is 0 Å². The molecule has 0 saturated carbocycles. The van der Waals surface area contributed by atoms with E-state index in [-0.39, 0.29) is 42.4 Å². The highest BCUT2D eigenvalue weighted by atomic mass is 19.4. The van der Waals surface area contributed by atoms with Gasteiger partial charge in [0.2, 0.25) is 0 Å². The maximum absolute atomic E-state index is 14.6. The van der Waals surface area contributed by atoms with Crippen molar-refractivity contribution in [2.75, 3.05) is 43.3 Å². The summed E-state index contributed by atoms with van der Waals surface area (Å²) >= 11 is 0. The van der Waals surface area contributed by atoms with Crippen LogP contribution in [0.15, 0.2) is 18.3 Å². The Morgan fingerprint density at radius 3 is 2.57 bits per heavy atom. The minimum atomic E-state index is -4.51. The van der Waals surface area contributed by atoms with Crippen LogP contribution < -0.4 is 9.80 Å². The standard InChI is InChI=1S/C28H33F3N8O3/c1-40-19-7-9-36(22(12-19)28(29,30)31)21-13-24(38-17-5-6-18(38)16-41-15-17)33-27-26(21)20(14-32)34-39(27)23-8-10-37(35-23)25-4-2-3-11-42-25/h8,10,13,17-19,22,25H,2-7,9,11-12,15-16H2,1H3/t17?,18?,19?,22-,25?/m0/s1. The third-order valence-corrected chi connectivity index (χ3v) is 9.05. The fraction of sp³-hybridized carbons (Fsp3) is 0.643. The van der Waals surface area contributed by atoms with Crippen molar-refractivity contribution in [1.82, 2.24) is 24.5 Å². The number of hydrogen-bond acceptors (Lipinski definition) is 9. The second-order valence-corrected chi connectivity index (χ2v) is 11.5. The predicted molar refractivity (Wildman–Crippen MR) is 146 cm³/mol. The number of aromatic nitrogens is 5. The van der Waals surface area contributed by atoms with E-state index in [1.54, 1.807) is 23.0 Å². The van der Waals surface area contributed by atoms with Gasteiger partial charge in [-0.3, -0.25) is 0 Å². The van der Waals surface area contributed by atoms with E-state index in [2.05, 4.69) is 16.1 Å². The second-order valence-electron chi connectivity index (χ2n) is 11.5. The molecule has 0 amide bonds. The van der Waals surface area contributed by atoms with E-state index in [0.717, 1.165) is 32.1 Å². The van der Waals surface area contributed by atoms with Crippen molar-refractivity contribution in [3.8, 4) is 11.9 Å². The molecule has 4 aliphatic heterocycles. The Morgan fingerprint density at radius 2 is 1.88 bits per heavy atom. The molecule has 14 heteroatoms. The van der Waals surface area contributed by atoms with Crippen molar-refractivity contribution in [2.24, 2.45) is 0 Å². The average molecular weight is 587 g/mol. The highest BCUT2D eigenvalue weighted by molar-refractivity contribution is 5.96. The summed E-state index contributed by atoms with van der Waals surface area (Å²) in [5.41, 5.74) is 0.604. The monoisotopic (exact) mass is 586 g/mol. The van der Waals surface area contributed by atoms with Gasteiger partial charge >= 0.3 is 6.18 Å². The molecule has 0 aromatic carbocycles. The summed E-state index contributed by atoms with van der Waals surface area (Å²) in [5.74, 6) is 0.977. The summed E-state index contributed by atoms with van der Waals surface area (Å²) in [7, 11) is 1.44. The zero-order chi connectivity index (χ0) is 29.0. The average Bonchev–Trinajstić information content (AvgIpc) is 3.70. The molecule has 5 atom stereocenters. The van der Waals surface area contributed by atoms with Crippen molar-refractivity contribution in [3.05, 3.63) is 24.0 Å². The summed E-state index contributed by atoms with van der Waals surface area (Å²) < 4.78 is 63.9. The molecule has 0 aliphatic carbocycles. The van der Waals surface area contributed by atoms with Crippen molar-refractivity contribution < 1.29 is 27.4 Å². The number of pyridine rings is 1. The van der Waals surface area contributed by atoms with E-state index in [0.29, 0.717) is 49.2 Å². The first-order chi connectivity index (χ1) is 20.4. The maximum Gasteiger partial charge on any atom is 0.408 e. The molecule has 4 fully saturated rings. The first kappa shape index (κ1) is 27.4. The molecular weight excluding hydrogens is 553 g/mol. The number of anilines is 2. The van der Waals surface area contributed by atoms with Crippen molar-refractivity contribution in [1.29, 1.82) is 5.26 Å². The number of nitrogens with zero attached hydrogens (tertiary/aromatic N) is 8. The summed E-state index contributed by atoms with van der Waals surface area (Å²) in [6.45, 7) is 1.83. The Bertz CT molecular complexity index is 1480. The number of morpholine rings is 1. The summed E-state index contributed by atoms with van der Waals surface area (Å²) in [4.78, 5) is 8.53. The summed E-state index contributed by atoms with van der Waals surface area (Å²) in [5, 5.41) is 19.7. The minimum absolute atomic E-state index is 0.00209. The Morgan fingerprint density at radius 1 is 1.07 bits per heavy atom. The van der Waals surface area contributed by atoms with Gasteiger partial charge in [-0.15, -0.1) is 0 Å². The van der Waals surface area contributed by atoms with E-state index in [1.807, 2.05) is 0 Å². The largest absolute Gasteiger partial charge is 0.408 e. The van der Waals surface area contributed by atoms with Gasteiger partial charge in [-0.2, -0.15) is 33.3 Å². The van der Waals surface area contributed by atoms with Gasteiger partial charge in [0.05, 0.1) is 42.5 Å². The van der Waals surface area contributed by atoms with E-state index >= 15 is 0 Å². The zero-order valence-electron chi connectivity index (χ0n) is 23.3. The molecule has 0 radical (unpaired) electrons. The van der Waals surface area contributed by atoms with Gasteiger partial charge in [-0.05, 0) is 38.5 Å².